The number of aliphatic imine (C=N–C) groups is 1. The maximum Gasteiger partial charge on any atom is 0.387 e. The standard InChI is InChI=1S/C16H26F2N4O/c1-12(2)22(4)10-9-20-16(19-3)21-11-13-7-5-6-8-14(13)23-15(17)18/h5-8,12,15H,9-11H2,1-4H3,(H2,19,20,21). The van der Waals surface area contributed by atoms with E-state index in [9.17, 15) is 8.78 Å². The van der Waals surface area contributed by atoms with Crippen molar-refractivity contribution in [1.82, 2.24) is 15.5 Å². The largest absolute Gasteiger partial charge is 0.434 e. The van der Waals surface area contributed by atoms with Gasteiger partial charge in [0.2, 0.25) is 0 Å². The molecule has 0 spiro atoms. The molecule has 1 aromatic rings. The first kappa shape index (κ1) is 19.2. The van der Waals surface area contributed by atoms with E-state index in [4.69, 9.17) is 0 Å². The number of benzene rings is 1. The number of likely N-dealkylation sites (N-methyl/N-ethyl adjacent to an activating group) is 1. The molecule has 0 unspecified atom stereocenters. The molecule has 0 aliphatic rings. The third-order valence-electron chi connectivity index (χ3n) is 3.50. The fourth-order valence-electron chi connectivity index (χ4n) is 1.87. The Labute approximate surface area is 136 Å². The van der Waals surface area contributed by atoms with Crippen LogP contribution in [0.2, 0.25) is 0 Å². The molecular formula is C16H26F2N4O. The maximum atomic E-state index is 12.4. The molecule has 130 valence electrons. The van der Waals surface area contributed by atoms with E-state index in [0.29, 0.717) is 24.1 Å². The van der Waals surface area contributed by atoms with Gasteiger partial charge >= 0.3 is 6.61 Å². The zero-order valence-corrected chi connectivity index (χ0v) is 14.1. The highest BCUT2D eigenvalue weighted by molar-refractivity contribution is 5.79. The summed E-state index contributed by atoms with van der Waals surface area (Å²) in [5, 5.41) is 6.29. The zero-order chi connectivity index (χ0) is 17.2. The van der Waals surface area contributed by atoms with Crippen LogP contribution in [0.25, 0.3) is 0 Å². The molecule has 1 rings (SSSR count). The molecule has 0 aliphatic carbocycles. The van der Waals surface area contributed by atoms with Crippen LogP contribution in [0.1, 0.15) is 19.4 Å². The first-order valence-electron chi connectivity index (χ1n) is 7.61. The third kappa shape index (κ3) is 7.27. The average Bonchev–Trinajstić information content (AvgIpc) is 2.51. The van der Waals surface area contributed by atoms with Crippen molar-refractivity contribution in [3.8, 4) is 5.75 Å². The highest BCUT2D eigenvalue weighted by Crippen LogP contribution is 2.19. The number of nitrogens with zero attached hydrogens (tertiary/aromatic N) is 2. The molecule has 23 heavy (non-hydrogen) atoms. The van der Waals surface area contributed by atoms with Crippen LogP contribution >= 0.6 is 0 Å². The van der Waals surface area contributed by atoms with Gasteiger partial charge in [0.25, 0.3) is 0 Å². The highest BCUT2D eigenvalue weighted by atomic mass is 19.3. The number of para-hydroxylation sites is 1. The number of nitrogens with one attached hydrogen (secondary N) is 2. The molecule has 0 aliphatic heterocycles. The second-order valence-electron chi connectivity index (χ2n) is 5.41. The minimum Gasteiger partial charge on any atom is -0.434 e. The predicted octanol–water partition coefficient (Wildman–Crippen LogP) is 2.29. The number of rotatable bonds is 8. The first-order chi connectivity index (χ1) is 10.9. The summed E-state index contributed by atoms with van der Waals surface area (Å²) in [5.41, 5.74) is 0.648. The van der Waals surface area contributed by atoms with Gasteiger partial charge in [0.15, 0.2) is 5.96 Å². The van der Waals surface area contributed by atoms with Gasteiger partial charge in [-0.2, -0.15) is 8.78 Å². The summed E-state index contributed by atoms with van der Waals surface area (Å²) in [7, 11) is 3.73. The Morgan fingerprint density at radius 3 is 2.57 bits per heavy atom. The molecule has 1 aromatic carbocycles. The monoisotopic (exact) mass is 328 g/mol. The number of hydrogen-bond acceptors (Lipinski definition) is 3. The van der Waals surface area contributed by atoms with Gasteiger partial charge in [-0.25, -0.2) is 0 Å². The van der Waals surface area contributed by atoms with E-state index in [1.165, 1.54) is 6.07 Å². The Kier molecular flexibility index (Phi) is 8.32. The van der Waals surface area contributed by atoms with Crippen LogP contribution in [0.3, 0.4) is 0 Å². The summed E-state index contributed by atoms with van der Waals surface area (Å²) >= 11 is 0. The van der Waals surface area contributed by atoms with Gasteiger partial charge < -0.3 is 20.3 Å². The van der Waals surface area contributed by atoms with Gasteiger partial charge in [-0.05, 0) is 27.0 Å². The second-order valence-corrected chi connectivity index (χ2v) is 5.41. The molecule has 5 nitrogen and oxygen atoms in total. The summed E-state index contributed by atoms with van der Waals surface area (Å²) in [6, 6.07) is 7.19. The summed E-state index contributed by atoms with van der Waals surface area (Å²) in [5.74, 6) is 0.791. The Hall–Kier alpha value is -1.89. The van der Waals surface area contributed by atoms with Crippen molar-refractivity contribution in [2.24, 2.45) is 4.99 Å². The van der Waals surface area contributed by atoms with E-state index in [0.717, 1.165) is 13.1 Å². The Bertz CT molecular complexity index is 495. The lowest BCUT2D eigenvalue weighted by Gasteiger charge is -2.21. The van der Waals surface area contributed by atoms with Crippen LogP contribution in [-0.2, 0) is 6.54 Å². The fourth-order valence-corrected chi connectivity index (χ4v) is 1.87. The molecule has 0 saturated carbocycles. The van der Waals surface area contributed by atoms with E-state index in [1.807, 2.05) is 0 Å². The maximum absolute atomic E-state index is 12.4. The molecule has 2 N–H and O–H groups in total. The minimum atomic E-state index is -2.83. The van der Waals surface area contributed by atoms with Gasteiger partial charge in [-0.15, -0.1) is 0 Å². The lowest BCUT2D eigenvalue weighted by atomic mass is 10.2. The van der Waals surface area contributed by atoms with Gasteiger partial charge in [-0.1, -0.05) is 18.2 Å². The van der Waals surface area contributed by atoms with Crippen molar-refractivity contribution < 1.29 is 13.5 Å². The minimum absolute atomic E-state index is 0.171. The summed E-state index contributed by atoms with van der Waals surface area (Å²) in [6.07, 6.45) is 0. The van der Waals surface area contributed by atoms with Gasteiger partial charge in [0, 0.05) is 38.3 Å². The van der Waals surface area contributed by atoms with Crippen molar-refractivity contribution in [2.75, 3.05) is 27.2 Å². The smallest absolute Gasteiger partial charge is 0.387 e. The number of ether oxygens (including phenoxy) is 1. The van der Waals surface area contributed by atoms with Crippen LogP contribution < -0.4 is 15.4 Å². The van der Waals surface area contributed by atoms with E-state index >= 15 is 0 Å². The molecule has 0 amide bonds. The van der Waals surface area contributed by atoms with Crippen molar-refractivity contribution in [2.45, 2.75) is 33.0 Å². The molecule has 0 aromatic heterocycles. The topological polar surface area (TPSA) is 48.9 Å². The van der Waals surface area contributed by atoms with Crippen LogP contribution in [-0.4, -0.2) is 50.7 Å². The first-order valence-corrected chi connectivity index (χ1v) is 7.61. The molecule has 0 saturated heterocycles. The number of halogens is 2. The van der Waals surface area contributed by atoms with Crippen molar-refractivity contribution >= 4 is 5.96 Å². The Morgan fingerprint density at radius 1 is 1.26 bits per heavy atom. The van der Waals surface area contributed by atoms with Crippen LogP contribution in [0.5, 0.6) is 5.75 Å². The molecule has 0 radical (unpaired) electrons. The van der Waals surface area contributed by atoms with Crippen LogP contribution in [0, 0.1) is 0 Å². The number of hydrogen-bond donors (Lipinski definition) is 2. The van der Waals surface area contributed by atoms with Gasteiger partial charge in [0.1, 0.15) is 5.75 Å². The van der Waals surface area contributed by atoms with Gasteiger partial charge in [0.05, 0.1) is 0 Å². The van der Waals surface area contributed by atoms with Crippen LogP contribution in [0.15, 0.2) is 29.3 Å². The molecule has 0 bridgehead atoms. The lowest BCUT2D eigenvalue weighted by Crippen LogP contribution is -2.41. The van der Waals surface area contributed by atoms with E-state index in [1.54, 1.807) is 25.2 Å². The molecule has 0 heterocycles. The normalized spacial score (nSPS) is 12.1. The molecule has 0 fully saturated rings. The summed E-state index contributed by atoms with van der Waals surface area (Å²) in [4.78, 5) is 6.34. The van der Waals surface area contributed by atoms with E-state index in [-0.39, 0.29) is 5.75 Å². The second kappa shape index (κ2) is 9.99. The fraction of sp³-hybridized carbons (Fsp3) is 0.562. The molecular weight excluding hydrogens is 302 g/mol. The Morgan fingerprint density at radius 2 is 1.96 bits per heavy atom. The quantitative estimate of drug-likeness (QED) is 0.568. The SMILES string of the molecule is CN=C(NCCN(C)C(C)C)NCc1ccccc1OC(F)F. The highest BCUT2D eigenvalue weighted by Gasteiger charge is 2.09. The van der Waals surface area contributed by atoms with Crippen LogP contribution in [0.4, 0.5) is 8.78 Å². The Balaban J connectivity index is 2.49. The van der Waals surface area contributed by atoms with E-state index in [2.05, 4.69) is 46.2 Å². The van der Waals surface area contributed by atoms with Crippen molar-refractivity contribution in [1.29, 1.82) is 0 Å². The average molecular weight is 328 g/mol. The number of guanidine groups is 1. The summed E-state index contributed by atoms with van der Waals surface area (Å²) in [6.45, 7) is 3.40. The van der Waals surface area contributed by atoms with Crippen molar-refractivity contribution in [3.05, 3.63) is 29.8 Å². The number of alkyl halides is 2. The van der Waals surface area contributed by atoms with E-state index < -0.39 is 6.61 Å². The molecule has 0 atom stereocenters. The lowest BCUT2D eigenvalue weighted by molar-refractivity contribution is -0.0504. The predicted molar refractivity (Wildman–Crippen MR) is 89.0 cm³/mol. The van der Waals surface area contributed by atoms with Gasteiger partial charge in [-0.3, -0.25) is 4.99 Å². The zero-order valence-electron chi connectivity index (χ0n) is 14.1. The third-order valence-corrected chi connectivity index (χ3v) is 3.50. The van der Waals surface area contributed by atoms with Crippen molar-refractivity contribution in [3.63, 3.8) is 0 Å². The molecule has 7 heteroatoms. The summed E-state index contributed by atoms with van der Waals surface area (Å²) < 4.78 is 29.3.